The van der Waals surface area contributed by atoms with E-state index >= 15 is 0 Å². The molecular weight excluding hydrogens is 160 g/mol. The van der Waals surface area contributed by atoms with Crippen LogP contribution in [0.1, 0.15) is 31.2 Å². The van der Waals surface area contributed by atoms with E-state index in [0.29, 0.717) is 6.04 Å². The fourth-order valence-electron chi connectivity index (χ4n) is 1.90. The third-order valence-electron chi connectivity index (χ3n) is 2.71. The van der Waals surface area contributed by atoms with E-state index in [9.17, 15) is 0 Å². The zero-order valence-corrected chi connectivity index (χ0v) is 8.09. The van der Waals surface area contributed by atoms with Gasteiger partial charge in [-0.25, -0.2) is 4.98 Å². The topological polar surface area (TPSA) is 24.9 Å². The highest BCUT2D eigenvalue weighted by atomic mass is 15.0. The highest BCUT2D eigenvalue weighted by molar-refractivity contribution is 5.43. The maximum Gasteiger partial charge on any atom is 0.129 e. The molecular formula is C11H16N2. The smallest absolute Gasteiger partial charge is 0.129 e. The van der Waals surface area contributed by atoms with E-state index in [1.807, 2.05) is 12.3 Å². The summed E-state index contributed by atoms with van der Waals surface area (Å²) < 4.78 is 0. The molecule has 0 bridgehead atoms. The van der Waals surface area contributed by atoms with Gasteiger partial charge in [0.05, 0.1) is 0 Å². The monoisotopic (exact) mass is 176 g/mol. The van der Waals surface area contributed by atoms with Gasteiger partial charge in [0.2, 0.25) is 0 Å². The molecule has 1 aliphatic carbocycles. The van der Waals surface area contributed by atoms with Gasteiger partial charge in [-0.1, -0.05) is 18.9 Å². The lowest BCUT2D eigenvalue weighted by Gasteiger charge is -2.13. The molecule has 0 atom stereocenters. The van der Waals surface area contributed by atoms with Crippen LogP contribution in [0.5, 0.6) is 0 Å². The van der Waals surface area contributed by atoms with Crippen LogP contribution < -0.4 is 5.32 Å². The van der Waals surface area contributed by atoms with Crippen LogP contribution in [-0.2, 0) is 0 Å². The van der Waals surface area contributed by atoms with Gasteiger partial charge in [-0.3, -0.25) is 0 Å². The van der Waals surface area contributed by atoms with E-state index in [4.69, 9.17) is 0 Å². The van der Waals surface area contributed by atoms with Crippen LogP contribution in [0.15, 0.2) is 18.3 Å². The Labute approximate surface area is 79.4 Å². The second-order valence-electron chi connectivity index (χ2n) is 3.79. The third kappa shape index (κ3) is 2.00. The summed E-state index contributed by atoms with van der Waals surface area (Å²) in [4.78, 5) is 4.33. The minimum absolute atomic E-state index is 0.661. The molecule has 0 aliphatic heterocycles. The van der Waals surface area contributed by atoms with Crippen LogP contribution in [0.25, 0.3) is 0 Å². The zero-order valence-electron chi connectivity index (χ0n) is 8.09. The Morgan fingerprint density at radius 2 is 2.15 bits per heavy atom. The van der Waals surface area contributed by atoms with Gasteiger partial charge < -0.3 is 5.32 Å². The van der Waals surface area contributed by atoms with Gasteiger partial charge in [0.15, 0.2) is 0 Å². The van der Waals surface area contributed by atoms with E-state index < -0.39 is 0 Å². The van der Waals surface area contributed by atoms with Crippen molar-refractivity contribution in [3.8, 4) is 0 Å². The third-order valence-corrected chi connectivity index (χ3v) is 2.71. The largest absolute Gasteiger partial charge is 0.367 e. The molecule has 1 N–H and O–H groups in total. The molecule has 13 heavy (non-hydrogen) atoms. The van der Waals surface area contributed by atoms with Crippen molar-refractivity contribution in [3.63, 3.8) is 0 Å². The van der Waals surface area contributed by atoms with E-state index in [-0.39, 0.29) is 0 Å². The molecule has 0 amide bonds. The van der Waals surface area contributed by atoms with E-state index in [0.717, 1.165) is 5.82 Å². The average molecular weight is 176 g/mol. The summed E-state index contributed by atoms with van der Waals surface area (Å²) >= 11 is 0. The first-order valence-corrected chi connectivity index (χ1v) is 5.04. The van der Waals surface area contributed by atoms with Crippen molar-refractivity contribution < 1.29 is 0 Å². The van der Waals surface area contributed by atoms with E-state index in [2.05, 4.69) is 23.3 Å². The summed E-state index contributed by atoms with van der Waals surface area (Å²) in [6, 6.07) is 4.74. The Bertz CT molecular complexity index is 277. The van der Waals surface area contributed by atoms with Crippen molar-refractivity contribution in [2.75, 3.05) is 5.32 Å². The van der Waals surface area contributed by atoms with Crippen molar-refractivity contribution >= 4 is 5.82 Å². The van der Waals surface area contributed by atoms with Crippen LogP contribution in [0.3, 0.4) is 0 Å². The Hall–Kier alpha value is -1.05. The number of aromatic nitrogens is 1. The SMILES string of the molecule is Cc1cccnc1NC1CCCC1. The molecule has 1 aromatic heterocycles. The highest BCUT2D eigenvalue weighted by Crippen LogP contribution is 2.22. The Kier molecular flexibility index (Phi) is 2.48. The minimum Gasteiger partial charge on any atom is -0.367 e. The lowest BCUT2D eigenvalue weighted by molar-refractivity contribution is 0.749. The summed E-state index contributed by atoms with van der Waals surface area (Å²) in [7, 11) is 0. The second-order valence-corrected chi connectivity index (χ2v) is 3.79. The van der Waals surface area contributed by atoms with Gasteiger partial charge >= 0.3 is 0 Å². The first-order chi connectivity index (χ1) is 6.36. The van der Waals surface area contributed by atoms with Crippen molar-refractivity contribution in [2.45, 2.75) is 38.6 Å². The summed E-state index contributed by atoms with van der Waals surface area (Å²) in [5.41, 5.74) is 1.24. The fraction of sp³-hybridized carbons (Fsp3) is 0.545. The Balaban J connectivity index is 2.04. The van der Waals surface area contributed by atoms with Crippen molar-refractivity contribution in [1.29, 1.82) is 0 Å². The quantitative estimate of drug-likeness (QED) is 0.749. The molecule has 2 nitrogen and oxygen atoms in total. The number of nitrogens with zero attached hydrogens (tertiary/aromatic N) is 1. The number of hydrogen-bond acceptors (Lipinski definition) is 2. The van der Waals surface area contributed by atoms with Crippen molar-refractivity contribution in [3.05, 3.63) is 23.9 Å². The number of anilines is 1. The number of hydrogen-bond donors (Lipinski definition) is 1. The molecule has 0 radical (unpaired) electrons. The lowest BCUT2D eigenvalue weighted by atomic mass is 10.2. The van der Waals surface area contributed by atoms with Gasteiger partial charge in [-0.05, 0) is 31.4 Å². The van der Waals surface area contributed by atoms with E-state index in [1.165, 1.54) is 31.2 Å². The standard InChI is InChI=1S/C11H16N2/c1-9-5-4-8-12-11(9)13-10-6-2-3-7-10/h4-5,8,10H,2-3,6-7H2,1H3,(H,12,13). The van der Waals surface area contributed by atoms with Crippen LogP contribution in [0, 0.1) is 6.92 Å². The summed E-state index contributed by atoms with van der Waals surface area (Å²) in [5, 5.41) is 3.50. The molecule has 70 valence electrons. The summed E-state index contributed by atoms with van der Waals surface area (Å²) in [6.45, 7) is 2.10. The fourth-order valence-corrected chi connectivity index (χ4v) is 1.90. The number of nitrogens with one attached hydrogen (secondary N) is 1. The van der Waals surface area contributed by atoms with Gasteiger partial charge in [-0.2, -0.15) is 0 Å². The molecule has 1 saturated carbocycles. The predicted octanol–water partition coefficient (Wildman–Crippen LogP) is 2.74. The molecule has 2 heteroatoms. The van der Waals surface area contributed by atoms with Gasteiger partial charge in [0, 0.05) is 12.2 Å². The number of aryl methyl sites for hydroxylation is 1. The second kappa shape index (κ2) is 3.77. The first kappa shape index (κ1) is 8.54. The highest BCUT2D eigenvalue weighted by Gasteiger charge is 2.15. The average Bonchev–Trinajstić information content (AvgIpc) is 2.61. The molecule has 0 saturated heterocycles. The molecule has 1 heterocycles. The first-order valence-electron chi connectivity index (χ1n) is 5.04. The van der Waals surface area contributed by atoms with Crippen LogP contribution in [-0.4, -0.2) is 11.0 Å². The van der Waals surface area contributed by atoms with Gasteiger partial charge in [-0.15, -0.1) is 0 Å². The van der Waals surface area contributed by atoms with Gasteiger partial charge in [0.25, 0.3) is 0 Å². The summed E-state index contributed by atoms with van der Waals surface area (Å²) in [6.07, 6.45) is 7.18. The zero-order chi connectivity index (χ0) is 9.10. The Morgan fingerprint density at radius 1 is 1.38 bits per heavy atom. The van der Waals surface area contributed by atoms with Crippen molar-refractivity contribution in [1.82, 2.24) is 4.98 Å². The molecule has 0 spiro atoms. The summed E-state index contributed by atoms with van der Waals surface area (Å²) in [5.74, 6) is 1.06. The maximum atomic E-state index is 4.33. The number of rotatable bonds is 2. The van der Waals surface area contributed by atoms with Gasteiger partial charge in [0.1, 0.15) is 5.82 Å². The predicted molar refractivity (Wildman–Crippen MR) is 54.9 cm³/mol. The molecule has 1 aromatic rings. The Morgan fingerprint density at radius 3 is 2.85 bits per heavy atom. The van der Waals surface area contributed by atoms with E-state index in [1.54, 1.807) is 0 Å². The molecule has 0 unspecified atom stereocenters. The van der Waals surface area contributed by atoms with Crippen LogP contribution in [0.2, 0.25) is 0 Å². The maximum absolute atomic E-state index is 4.33. The molecule has 2 rings (SSSR count). The number of pyridine rings is 1. The molecule has 0 aromatic carbocycles. The lowest BCUT2D eigenvalue weighted by Crippen LogP contribution is -2.16. The normalized spacial score (nSPS) is 17.6. The minimum atomic E-state index is 0.661. The van der Waals surface area contributed by atoms with Crippen molar-refractivity contribution in [2.24, 2.45) is 0 Å². The van der Waals surface area contributed by atoms with Crippen LogP contribution >= 0.6 is 0 Å². The molecule has 1 aliphatic rings. The molecule has 1 fully saturated rings. The van der Waals surface area contributed by atoms with Crippen LogP contribution in [0.4, 0.5) is 5.82 Å².